The summed E-state index contributed by atoms with van der Waals surface area (Å²) in [5.74, 6) is -1.42. The largest absolute Gasteiger partial charge is 0.460 e. The maximum Gasteiger partial charge on any atom is 0.417 e. The first-order valence-corrected chi connectivity index (χ1v) is 7.76. The standard InChI is InChI=1S/C18H15F3N2O3/c1-3-25-17(24)15-14(22)13-11(18(19,20)21)8-12(23-16(13)26-15)10-6-4-9(2)5-7-10/h4-8H,3,22H2,1-2H3. The van der Waals surface area contributed by atoms with Gasteiger partial charge in [-0.1, -0.05) is 29.8 Å². The number of fused-ring (bicyclic) bond motifs is 1. The fraction of sp³-hybridized carbons (Fsp3) is 0.222. The van der Waals surface area contributed by atoms with Crippen molar-refractivity contribution in [2.45, 2.75) is 20.0 Å². The van der Waals surface area contributed by atoms with Crippen molar-refractivity contribution in [1.29, 1.82) is 0 Å². The maximum atomic E-state index is 13.6. The minimum absolute atomic E-state index is 0.0312. The summed E-state index contributed by atoms with van der Waals surface area (Å²) in [5.41, 5.74) is 5.42. The normalized spacial score (nSPS) is 11.7. The number of anilines is 1. The molecule has 0 fully saturated rings. The highest BCUT2D eigenvalue weighted by Crippen LogP contribution is 2.41. The van der Waals surface area contributed by atoms with E-state index in [1.165, 1.54) is 0 Å². The number of esters is 1. The molecule has 0 unspecified atom stereocenters. The van der Waals surface area contributed by atoms with Gasteiger partial charge in [0.25, 0.3) is 0 Å². The molecule has 5 nitrogen and oxygen atoms in total. The van der Waals surface area contributed by atoms with Crippen molar-refractivity contribution in [2.75, 3.05) is 12.3 Å². The van der Waals surface area contributed by atoms with E-state index in [-0.39, 0.29) is 18.0 Å². The number of benzene rings is 1. The number of halogens is 3. The minimum atomic E-state index is -4.70. The van der Waals surface area contributed by atoms with E-state index in [1.54, 1.807) is 31.2 Å². The van der Waals surface area contributed by atoms with Gasteiger partial charge in [0.2, 0.25) is 11.5 Å². The number of aryl methyl sites for hydroxylation is 1. The fourth-order valence-corrected chi connectivity index (χ4v) is 2.57. The summed E-state index contributed by atoms with van der Waals surface area (Å²) in [5, 5.41) is -0.448. The van der Waals surface area contributed by atoms with Crippen molar-refractivity contribution >= 4 is 22.8 Å². The van der Waals surface area contributed by atoms with Gasteiger partial charge >= 0.3 is 12.1 Å². The first kappa shape index (κ1) is 17.8. The Morgan fingerprint density at radius 2 is 1.92 bits per heavy atom. The topological polar surface area (TPSA) is 78.3 Å². The number of furan rings is 1. The number of nitrogens with two attached hydrogens (primary N) is 1. The molecule has 0 radical (unpaired) electrons. The van der Waals surface area contributed by atoms with Crippen molar-refractivity contribution < 1.29 is 27.1 Å². The van der Waals surface area contributed by atoms with E-state index in [9.17, 15) is 18.0 Å². The van der Waals surface area contributed by atoms with E-state index in [4.69, 9.17) is 14.9 Å². The summed E-state index contributed by atoms with van der Waals surface area (Å²) in [6.07, 6.45) is -4.70. The number of carbonyl (C=O) groups is 1. The lowest BCUT2D eigenvalue weighted by Crippen LogP contribution is -2.09. The zero-order valence-electron chi connectivity index (χ0n) is 14.0. The Balaban J connectivity index is 2.28. The molecule has 2 heterocycles. The van der Waals surface area contributed by atoms with Gasteiger partial charge in [-0.3, -0.25) is 0 Å². The van der Waals surface area contributed by atoms with Crippen LogP contribution in [0.5, 0.6) is 0 Å². The highest BCUT2D eigenvalue weighted by molar-refractivity contribution is 6.04. The van der Waals surface area contributed by atoms with Crippen LogP contribution in [-0.2, 0) is 10.9 Å². The minimum Gasteiger partial charge on any atom is -0.460 e. The van der Waals surface area contributed by atoms with E-state index in [0.717, 1.165) is 11.6 Å². The molecule has 2 aromatic heterocycles. The van der Waals surface area contributed by atoms with Crippen molar-refractivity contribution in [2.24, 2.45) is 0 Å². The number of alkyl halides is 3. The van der Waals surface area contributed by atoms with Crippen LogP contribution < -0.4 is 5.73 Å². The molecule has 8 heteroatoms. The molecular formula is C18H15F3N2O3. The molecule has 136 valence electrons. The predicted octanol–water partition coefficient (Wildman–Crippen LogP) is 4.58. The van der Waals surface area contributed by atoms with Gasteiger partial charge in [0.1, 0.15) is 0 Å². The van der Waals surface area contributed by atoms with Crippen LogP contribution in [0.4, 0.5) is 18.9 Å². The van der Waals surface area contributed by atoms with Crippen molar-refractivity contribution in [3.63, 3.8) is 0 Å². The van der Waals surface area contributed by atoms with Gasteiger partial charge in [-0.25, -0.2) is 9.78 Å². The van der Waals surface area contributed by atoms with Gasteiger partial charge < -0.3 is 14.9 Å². The van der Waals surface area contributed by atoms with Crippen LogP contribution in [0.1, 0.15) is 28.6 Å². The first-order valence-electron chi connectivity index (χ1n) is 7.76. The molecule has 0 saturated carbocycles. The lowest BCUT2D eigenvalue weighted by molar-refractivity contribution is -0.136. The van der Waals surface area contributed by atoms with Crippen molar-refractivity contribution in [3.05, 3.63) is 47.2 Å². The smallest absolute Gasteiger partial charge is 0.417 e. The van der Waals surface area contributed by atoms with Crippen LogP contribution in [0.2, 0.25) is 0 Å². The molecule has 0 atom stereocenters. The number of ether oxygens (including phenoxy) is 1. The Labute approximate surface area is 146 Å². The molecule has 3 aromatic rings. The number of nitrogens with zero attached hydrogens (tertiary/aromatic N) is 1. The van der Waals surface area contributed by atoms with Crippen molar-refractivity contribution in [3.8, 4) is 11.3 Å². The summed E-state index contributed by atoms with van der Waals surface area (Å²) in [7, 11) is 0. The summed E-state index contributed by atoms with van der Waals surface area (Å²) in [4.78, 5) is 16.0. The highest BCUT2D eigenvalue weighted by Gasteiger charge is 2.37. The zero-order valence-corrected chi connectivity index (χ0v) is 14.0. The third kappa shape index (κ3) is 3.10. The second kappa shape index (κ2) is 6.36. The van der Waals surface area contributed by atoms with Gasteiger partial charge in [0, 0.05) is 5.56 Å². The van der Waals surface area contributed by atoms with Crippen LogP contribution in [0, 0.1) is 6.92 Å². The number of aromatic nitrogens is 1. The third-order valence-electron chi connectivity index (χ3n) is 3.81. The average molecular weight is 364 g/mol. The number of hydrogen-bond acceptors (Lipinski definition) is 5. The van der Waals surface area contributed by atoms with Gasteiger partial charge in [-0.05, 0) is 19.9 Å². The van der Waals surface area contributed by atoms with Crippen molar-refractivity contribution in [1.82, 2.24) is 4.98 Å². The van der Waals surface area contributed by atoms with E-state index >= 15 is 0 Å². The first-order chi connectivity index (χ1) is 12.2. The van der Waals surface area contributed by atoms with E-state index < -0.39 is 34.5 Å². The average Bonchev–Trinajstić information content (AvgIpc) is 2.91. The molecule has 0 spiro atoms. The third-order valence-corrected chi connectivity index (χ3v) is 3.81. The molecule has 0 saturated heterocycles. The Hall–Kier alpha value is -3.03. The number of pyridine rings is 1. The maximum absolute atomic E-state index is 13.6. The van der Waals surface area contributed by atoms with Gasteiger partial charge in [0.15, 0.2) is 0 Å². The van der Waals surface area contributed by atoms with Crippen LogP contribution in [0.15, 0.2) is 34.7 Å². The van der Waals surface area contributed by atoms with Crippen LogP contribution >= 0.6 is 0 Å². The summed E-state index contributed by atoms with van der Waals surface area (Å²) in [6.45, 7) is 3.45. The van der Waals surface area contributed by atoms with Crippen LogP contribution in [0.3, 0.4) is 0 Å². The lowest BCUT2D eigenvalue weighted by atomic mass is 10.0. The Kier molecular flexibility index (Phi) is 4.35. The van der Waals surface area contributed by atoms with Gasteiger partial charge in [0.05, 0.1) is 28.9 Å². The summed E-state index contributed by atoms with van der Waals surface area (Å²) >= 11 is 0. The SMILES string of the molecule is CCOC(=O)c1oc2nc(-c3ccc(C)cc3)cc(C(F)(F)F)c2c1N. The molecule has 0 aliphatic rings. The Morgan fingerprint density at radius 3 is 2.50 bits per heavy atom. The Bertz CT molecular complexity index is 976. The number of carbonyl (C=O) groups excluding carboxylic acids is 1. The quantitative estimate of drug-likeness (QED) is 0.688. The monoisotopic (exact) mass is 364 g/mol. The molecule has 1 aromatic carbocycles. The zero-order chi connectivity index (χ0) is 19.1. The van der Waals surface area contributed by atoms with E-state index in [1.807, 2.05) is 6.92 Å². The van der Waals surface area contributed by atoms with Gasteiger partial charge in [-0.2, -0.15) is 13.2 Å². The predicted molar refractivity (Wildman–Crippen MR) is 89.6 cm³/mol. The van der Waals surface area contributed by atoms with Gasteiger partial charge in [-0.15, -0.1) is 0 Å². The summed E-state index contributed by atoms with van der Waals surface area (Å²) in [6, 6.07) is 7.72. The van der Waals surface area contributed by atoms with Crippen LogP contribution in [-0.4, -0.2) is 17.6 Å². The van der Waals surface area contributed by atoms with E-state index in [0.29, 0.717) is 5.56 Å². The Morgan fingerprint density at radius 1 is 1.27 bits per heavy atom. The molecule has 0 aliphatic heterocycles. The second-order valence-corrected chi connectivity index (χ2v) is 5.66. The number of nitrogen functional groups attached to an aromatic ring is 1. The lowest BCUT2D eigenvalue weighted by Gasteiger charge is -2.10. The van der Waals surface area contributed by atoms with E-state index in [2.05, 4.69) is 4.98 Å². The number of hydrogen-bond donors (Lipinski definition) is 1. The number of rotatable bonds is 3. The molecule has 0 amide bonds. The molecular weight excluding hydrogens is 349 g/mol. The summed E-state index contributed by atoms with van der Waals surface area (Å²) < 4.78 is 50.7. The molecule has 26 heavy (non-hydrogen) atoms. The van der Waals surface area contributed by atoms with Crippen LogP contribution in [0.25, 0.3) is 22.4 Å². The molecule has 3 rings (SSSR count). The molecule has 0 bridgehead atoms. The highest BCUT2D eigenvalue weighted by atomic mass is 19.4. The molecule has 2 N–H and O–H groups in total. The fourth-order valence-electron chi connectivity index (χ4n) is 2.57. The molecule has 0 aliphatic carbocycles. The second-order valence-electron chi connectivity index (χ2n) is 5.66.